The lowest BCUT2D eigenvalue weighted by Gasteiger charge is -2.35. The molecule has 1 aliphatic heterocycles. The van der Waals surface area contributed by atoms with Crippen molar-refractivity contribution in [3.8, 4) is 0 Å². The number of hydrogen-bond donors (Lipinski definition) is 1. The van der Waals surface area contributed by atoms with Crippen LogP contribution in [-0.4, -0.2) is 49.5 Å². The van der Waals surface area contributed by atoms with E-state index in [1.54, 1.807) is 6.20 Å². The third-order valence-corrected chi connectivity index (χ3v) is 6.32. The number of sulfonamides is 1. The van der Waals surface area contributed by atoms with Crippen molar-refractivity contribution in [3.05, 3.63) is 66.6 Å². The molecular weight excluding hydrogens is 445 g/mol. The predicted molar refractivity (Wildman–Crippen MR) is 113 cm³/mol. The lowest BCUT2D eigenvalue weighted by atomic mass is 10.2. The minimum Gasteiger partial charge on any atom is -0.353 e. The molecule has 0 bridgehead atoms. The van der Waals surface area contributed by atoms with Crippen molar-refractivity contribution in [1.82, 2.24) is 15.0 Å². The van der Waals surface area contributed by atoms with E-state index in [0.717, 1.165) is 43.2 Å². The van der Waals surface area contributed by atoms with Gasteiger partial charge in [0.1, 0.15) is 5.82 Å². The van der Waals surface area contributed by atoms with Gasteiger partial charge in [0.25, 0.3) is 10.0 Å². The van der Waals surface area contributed by atoms with Crippen molar-refractivity contribution in [1.29, 1.82) is 0 Å². The average molecular weight is 464 g/mol. The van der Waals surface area contributed by atoms with Gasteiger partial charge in [0.15, 0.2) is 0 Å². The van der Waals surface area contributed by atoms with Gasteiger partial charge in [-0.2, -0.15) is 13.2 Å². The van der Waals surface area contributed by atoms with Crippen molar-refractivity contribution < 1.29 is 21.6 Å². The summed E-state index contributed by atoms with van der Waals surface area (Å²) < 4.78 is 65.2. The molecule has 3 heterocycles. The third kappa shape index (κ3) is 4.90. The molecule has 4 rings (SSSR count). The third-order valence-electron chi connectivity index (χ3n) is 4.92. The Labute approximate surface area is 182 Å². The van der Waals surface area contributed by atoms with E-state index in [1.807, 2.05) is 23.1 Å². The molecule has 1 aliphatic rings. The molecule has 12 heteroatoms. The van der Waals surface area contributed by atoms with Crippen LogP contribution in [0.2, 0.25) is 0 Å². The molecule has 0 unspecified atom stereocenters. The lowest BCUT2D eigenvalue weighted by Crippen LogP contribution is -2.47. The summed E-state index contributed by atoms with van der Waals surface area (Å²) in [5.74, 6) is 1.37. The first-order chi connectivity index (χ1) is 15.2. The Kier molecular flexibility index (Phi) is 5.87. The number of hydrogen-bond acceptors (Lipinski definition) is 7. The smallest absolute Gasteiger partial charge is 0.353 e. The van der Waals surface area contributed by atoms with E-state index in [-0.39, 0.29) is 10.6 Å². The highest BCUT2D eigenvalue weighted by atomic mass is 32.2. The van der Waals surface area contributed by atoms with Gasteiger partial charge in [-0.05, 0) is 36.4 Å². The maximum atomic E-state index is 12.7. The van der Waals surface area contributed by atoms with E-state index in [9.17, 15) is 21.6 Å². The van der Waals surface area contributed by atoms with Crippen molar-refractivity contribution in [2.24, 2.45) is 0 Å². The zero-order chi connectivity index (χ0) is 22.8. The fraction of sp³-hybridized carbons (Fsp3) is 0.250. The van der Waals surface area contributed by atoms with Gasteiger partial charge >= 0.3 is 6.18 Å². The Bertz CT molecular complexity index is 1150. The molecule has 1 aromatic carbocycles. The maximum Gasteiger partial charge on any atom is 0.416 e. The minimum atomic E-state index is -4.54. The second kappa shape index (κ2) is 8.61. The van der Waals surface area contributed by atoms with Crippen LogP contribution in [0.5, 0.6) is 0 Å². The summed E-state index contributed by atoms with van der Waals surface area (Å²) in [4.78, 5) is 16.6. The highest BCUT2D eigenvalue weighted by Crippen LogP contribution is 2.30. The highest BCUT2D eigenvalue weighted by Gasteiger charge is 2.30. The molecule has 1 N–H and O–H groups in total. The number of nitrogens with zero attached hydrogens (tertiary/aromatic N) is 5. The molecule has 168 valence electrons. The first-order valence-corrected chi connectivity index (χ1v) is 11.1. The summed E-state index contributed by atoms with van der Waals surface area (Å²) in [5.41, 5.74) is -0.812. The van der Waals surface area contributed by atoms with Gasteiger partial charge in [0.05, 0.1) is 28.5 Å². The first kappa shape index (κ1) is 21.8. The van der Waals surface area contributed by atoms with Crippen LogP contribution in [0.1, 0.15) is 5.56 Å². The van der Waals surface area contributed by atoms with Crippen LogP contribution >= 0.6 is 0 Å². The zero-order valence-corrected chi connectivity index (χ0v) is 17.5. The molecule has 3 aromatic rings. The van der Waals surface area contributed by atoms with Crippen molar-refractivity contribution in [3.63, 3.8) is 0 Å². The van der Waals surface area contributed by atoms with Gasteiger partial charge < -0.3 is 9.80 Å². The van der Waals surface area contributed by atoms with Crippen LogP contribution in [0.4, 0.5) is 30.6 Å². The van der Waals surface area contributed by atoms with Gasteiger partial charge in [0.2, 0.25) is 5.95 Å². The van der Waals surface area contributed by atoms with Crippen LogP contribution in [0.25, 0.3) is 0 Å². The van der Waals surface area contributed by atoms with Crippen LogP contribution in [0.3, 0.4) is 0 Å². The van der Waals surface area contributed by atoms with Gasteiger partial charge in [-0.25, -0.2) is 23.4 Å². The number of nitrogens with one attached hydrogen (secondary N) is 1. The summed E-state index contributed by atoms with van der Waals surface area (Å²) in [6.07, 6.45) is -0.137. The Morgan fingerprint density at radius 2 is 1.47 bits per heavy atom. The quantitative estimate of drug-likeness (QED) is 0.621. The first-order valence-electron chi connectivity index (χ1n) is 9.65. The number of benzene rings is 1. The van der Waals surface area contributed by atoms with E-state index in [1.165, 1.54) is 12.4 Å². The number of anilines is 3. The number of piperazine rings is 1. The number of rotatable bonds is 5. The monoisotopic (exact) mass is 464 g/mol. The normalized spacial score (nSPS) is 15.0. The van der Waals surface area contributed by atoms with Crippen LogP contribution in [0.15, 0.2) is 66.0 Å². The van der Waals surface area contributed by atoms with E-state index < -0.39 is 21.8 Å². The van der Waals surface area contributed by atoms with Gasteiger partial charge in [-0.3, -0.25) is 4.72 Å². The van der Waals surface area contributed by atoms with Crippen molar-refractivity contribution in [2.75, 3.05) is 40.7 Å². The SMILES string of the molecule is O=S(=O)(Nc1cnc(N2CCN(c3ccccn3)CC2)nc1)c1ccc(C(F)(F)F)cc1. The Morgan fingerprint density at radius 3 is 2.03 bits per heavy atom. The predicted octanol–water partition coefficient (Wildman–Crippen LogP) is 3.02. The number of pyridine rings is 1. The number of aromatic nitrogens is 3. The second-order valence-electron chi connectivity index (χ2n) is 7.06. The molecule has 0 spiro atoms. The molecule has 0 saturated carbocycles. The Balaban J connectivity index is 1.38. The molecule has 0 radical (unpaired) electrons. The average Bonchev–Trinajstić information content (AvgIpc) is 2.80. The van der Waals surface area contributed by atoms with Crippen molar-refractivity contribution in [2.45, 2.75) is 11.1 Å². The summed E-state index contributed by atoms with van der Waals surface area (Å²) in [6.45, 7) is 2.83. The molecule has 32 heavy (non-hydrogen) atoms. The Morgan fingerprint density at radius 1 is 0.844 bits per heavy atom. The lowest BCUT2D eigenvalue weighted by molar-refractivity contribution is -0.137. The largest absolute Gasteiger partial charge is 0.416 e. The minimum absolute atomic E-state index is 0.112. The Hall–Kier alpha value is -3.41. The molecule has 0 aliphatic carbocycles. The maximum absolute atomic E-state index is 12.7. The molecule has 1 saturated heterocycles. The molecule has 1 fully saturated rings. The molecule has 2 aromatic heterocycles. The summed E-state index contributed by atoms with van der Waals surface area (Å²) >= 11 is 0. The molecule has 8 nitrogen and oxygen atoms in total. The number of halogens is 3. The van der Waals surface area contributed by atoms with E-state index in [2.05, 4.69) is 24.6 Å². The van der Waals surface area contributed by atoms with E-state index in [4.69, 9.17) is 0 Å². The second-order valence-corrected chi connectivity index (χ2v) is 8.74. The fourth-order valence-electron chi connectivity index (χ4n) is 3.25. The molecule has 0 atom stereocenters. The van der Waals surface area contributed by atoms with Crippen molar-refractivity contribution >= 4 is 27.5 Å². The zero-order valence-electron chi connectivity index (χ0n) is 16.7. The van der Waals surface area contributed by atoms with Gasteiger partial charge in [0, 0.05) is 32.4 Å². The van der Waals surface area contributed by atoms with Crippen LogP contribution < -0.4 is 14.5 Å². The fourth-order valence-corrected chi connectivity index (χ4v) is 4.28. The van der Waals surface area contributed by atoms with E-state index in [0.29, 0.717) is 19.0 Å². The van der Waals surface area contributed by atoms with Gasteiger partial charge in [-0.15, -0.1) is 0 Å². The highest BCUT2D eigenvalue weighted by molar-refractivity contribution is 7.92. The number of alkyl halides is 3. The summed E-state index contributed by atoms with van der Waals surface area (Å²) in [7, 11) is -4.08. The van der Waals surface area contributed by atoms with E-state index >= 15 is 0 Å². The molecule has 0 amide bonds. The summed E-state index contributed by atoms with van der Waals surface area (Å²) in [5, 5.41) is 0. The van der Waals surface area contributed by atoms with Gasteiger partial charge in [-0.1, -0.05) is 6.07 Å². The molecular formula is C20H19F3N6O2S. The van der Waals surface area contributed by atoms with Crippen LogP contribution in [-0.2, 0) is 16.2 Å². The topological polar surface area (TPSA) is 91.3 Å². The van der Waals surface area contributed by atoms with Crippen LogP contribution in [0, 0.1) is 0 Å². The standard InChI is InChI=1S/C20H19F3N6O2S/c21-20(22,23)15-4-6-17(7-5-15)32(30,31)27-16-13-25-19(26-14-16)29-11-9-28(10-12-29)18-3-1-2-8-24-18/h1-8,13-14,27H,9-12H2. The summed E-state index contributed by atoms with van der Waals surface area (Å²) in [6, 6.07) is 8.99.